The van der Waals surface area contributed by atoms with Crippen molar-refractivity contribution in [2.24, 2.45) is 0 Å². The summed E-state index contributed by atoms with van der Waals surface area (Å²) in [7, 11) is 0. The molecule has 0 spiro atoms. The maximum atomic E-state index is 14.1. The standard InChI is InChI=1S/C18H17ClFN5O3/c1-18(2,3)28-17(27)23-10-4-5-12(20)13(6-10)24-16(26)11-7-22-25-9-15(19)21-8-14(11)25/h4-9H,1-3H3,(H,23,27)(H,24,26). The monoisotopic (exact) mass is 405 g/mol. The minimum Gasteiger partial charge on any atom is -0.444 e. The number of carbonyl (C=O) groups excluding carboxylic acids is 2. The Morgan fingerprint density at radius 2 is 1.96 bits per heavy atom. The van der Waals surface area contributed by atoms with E-state index in [1.54, 1.807) is 20.8 Å². The molecule has 10 heteroatoms. The zero-order valence-electron chi connectivity index (χ0n) is 15.3. The highest BCUT2D eigenvalue weighted by Gasteiger charge is 2.18. The number of benzene rings is 1. The van der Waals surface area contributed by atoms with E-state index in [-0.39, 0.29) is 22.1 Å². The number of nitrogens with zero attached hydrogens (tertiary/aromatic N) is 3. The maximum absolute atomic E-state index is 14.1. The van der Waals surface area contributed by atoms with Crippen molar-refractivity contribution in [2.75, 3.05) is 10.6 Å². The fourth-order valence-corrected chi connectivity index (χ4v) is 2.49. The van der Waals surface area contributed by atoms with Crippen LogP contribution < -0.4 is 10.6 Å². The van der Waals surface area contributed by atoms with E-state index in [1.165, 1.54) is 35.2 Å². The van der Waals surface area contributed by atoms with Crippen molar-refractivity contribution >= 4 is 40.5 Å². The van der Waals surface area contributed by atoms with Crippen LogP contribution in [0.4, 0.5) is 20.6 Å². The van der Waals surface area contributed by atoms with E-state index in [2.05, 4.69) is 20.7 Å². The Morgan fingerprint density at radius 1 is 1.21 bits per heavy atom. The third kappa shape index (κ3) is 4.55. The Balaban J connectivity index is 1.79. The van der Waals surface area contributed by atoms with E-state index in [0.717, 1.165) is 6.07 Å². The fourth-order valence-electron chi connectivity index (χ4n) is 2.35. The van der Waals surface area contributed by atoms with Gasteiger partial charge in [0.1, 0.15) is 16.6 Å². The van der Waals surface area contributed by atoms with Crippen LogP contribution in [0.5, 0.6) is 0 Å². The van der Waals surface area contributed by atoms with E-state index in [1.807, 2.05) is 0 Å². The minimum absolute atomic E-state index is 0.111. The first-order valence-corrected chi connectivity index (χ1v) is 8.60. The second-order valence-corrected chi connectivity index (χ2v) is 7.26. The number of amides is 2. The lowest BCUT2D eigenvalue weighted by atomic mass is 10.2. The summed E-state index contributed by atoms with van der Waals surface area (Å²) in [6.45, 7) is 5.17. The average molecular weight is 406 g/mol. The van der Waals surface area contributed by atoms with Crippen LogP contribution in [0.1, 0.15) is 31.1 Å². The van der Waals surface area contributed by atoms with Gasteiger partial charge in [0.15, 0.2) is 0 Å². The molecule has 146 valence electrons. The predicted octanol–water partition coefficient (Wildman–Crippen LogP) is 4.12. The third-order valence-electron chi connectivity index (χ3n) is 3.48. The molecule has 0 saturated carbocycles. The van der Waals surface area contributed by atoms with Crippen LogP contribution >= 0.6 is 11.6 Å². The highest BCUT2D eigenvalue weighted by atomic mass is 35.5. The van der Waals surface area contributed by atoms with Crippen molar-refractivity contribution in [3.8, 4) is 0 Å². The smallest absolute Gasteiger partial charge is 0.412 e. The van der Waals surface area contributed by atoms with Gasteiger partial charge in [-0.05, 0) is 39.0 Å². The number of fused-ring (bicyclic) bond motifs is 1. The minimum atomic E-state index is -0.693. The van der Waals surface area contributed by atoms with Crippen LogP contribution in [0, 0.1) is 5.82 Å². The van der Waals surface area contributed by atoms with E-state index in [0.29, 0.717) is 5.52 Å². The molecular formula is C18H17ClFN5O3. The number of anilines is 2. The van der Waals surface area contributed by atoms with E-state index < -0.39 is 23.4 Å². The normalized spacial score (nSPS) is 11.3. The number of halogens is 2. The third-order valence-corrected chi connectivity index (χ3v) is 3.67. The quantitative estimate of drug-likeness (QED) is 0.683. The zero-order chi connectivity index (χ0) is 20.5. The lowest BCUT2D eigenvalue weighted by Crippen LogP contribution is -2.27. The van der Waals surface area contributed by atoms with Crippen LogP contribution in [0.15, 0.2) is 36.8 Å². The Hall–Kier alpha value is -3.20. The van der Waals surface area contributed by atoms with Gasteiger partial charge in [-0.25, -0.2) is 18.7 Å². The zero-order valence-corrected chi connectivity index (χ0v) is 16.0. The van der Waals surface area contributed by atoms with Gasteiger partial charge in [0, 0.05) is 5.69 Å². The Kier molecular flexibility index (Phi) is 5.19. The first-order chi connectivity index (χ1) is 13.1. The lowest BCUT2D eigenvalue weighted by Gasteiger charge is -2.19. The molecule has 0 saturated heterocycles. The summed E-state index contributed by atoms with van der Waals surface area (Å²) in [5.74, 6) is -1.26. The molecule has 0 bridgehead atoms. The van der Waals surface area contributed by atoms with Gasteiger partial charge in [0.05, 0.1) is 35.4 Å². The molecule has 8 nitrogen and oxygen atoms in total. The van der Waals surface area contributed by atoms with Crippen molar-refractivity contribution in [3.63, 3.8) is 0 Å². The Morgan fingerprint density at radius 3 is 2.68 bits per heavy atom. The molecule has 0 aliphatic rings. The van der Waals surface area contributed by atoms with Crippen LogP contribution in [-0.2, 0) is 4.74 Å². The van der Waals surface area contributed by atoms with Crippen LogP contribution in [0.2, 0.25) is 5.15 Å². The Bertz CT molecular complexity index is 1060. The van der Waals surface area contributed by atoms with Crippen molar-refractivity contribution in [1.82, 2.24) is 14.6 Å². The summed E-state index contributed by atoms with van der Waals surface area (Å²) in [4.78, 5) is 28.3. The van der Waals surface area contributed by atoms with Crippen LogP contribution in [0.3, 0.4) is 0 Å². The summed E-state index contributed by atoms with van der Waals surface area (Å²) >= 11 is 5.79. The first kappa shape index (κ1) is 19.6. The summed E-state index contributed by atoms with van der Waals surface area (Å²) in [6, 6.07) is 3.77. The summed E-state index contributed by atoms with van der Waals surface area (Å²) in [6.07, 6.45) is 3.46. The maximum Gasteiger partial charge on any atom is 0.412 e. The number of rotatable bonds is 3. The second-order valence-electron chi connectivity index (χ2n) is 6.87. The highest BCUT2D eigenvalue weighted by molar-refractivity contribution is 6.29. The molecule has 0 unspecified atom stereocenters. The molecule has 3 rings (SSSR count). The molecule has 28 heavy (non-hydrogen) atoms. The molecule has 0 radical (unpaired) electrons. The molecule has 2 heterocycles. The molecule has 0 fully saturated rings. The summed E-state index contributed by atoms with van der Waals surface area (Å²) < 4.78 is 20.7. The lowest BCUT2D eigenvalue weighted by molar-refractivity contribution is 0.0635. The van der Waals surface area contributed by atoms with Gasteiger partial charge in [-0.1, -0.05) is 11.6 Å². The van der Waals surface area contributed by atoms with Gasteiger partial charge in [0.25, 0.3) is 5.91 Å². The second kappa shape index (κ2) is 7.43. The SMILES string of the molecule is CC(C)(C)OC(=O)Nc1ccc(F)c(NC(=O)c2cnn3cc(Cl)ncc23)c1. The van der Waals surface area contributed by atoms with Crippen LogP contribution in [-0.4, -0.2) is 32.2 Å². The van der Waals surface area contributed by atoms with Gasteiger partial charge >= 0.3 is 6.09 Å². The molecule has 2 N–H and O–H groups in total. The van der Waals surface area contributed by atoms with Crippen molar-refractivity contribution in [1.29, 1.82) is 0 Å². The molecule has 2 aromatic heterocycles. The average Bonchev–Trinajstić information content (AvgIpc) is 2.99. The number of aromatic nitrogens is 3. The van der Waals surface area contributed by atoms with Gasteiger partial charge < -0.3 is 10.1 Å². The molecule has 3 aromatic rings. The molecule has 0 atom stereocenters. The first-order valence-electron chi connectivity index (χ1n) is 8.22. The van der Waals surface area contributed by atoms with Crippen molar-refractivity contribution < 1.29 is 18.7 Å². The van der Waals surface area contributed by atoms with Gasteiger partial charge in [-0.3, -0.25) is 10.1 Å². The number of hydrogen-bond donors (Lipinski definition) is 2. The van der Waals surface area contributed by atoms with Gasteiger partial charge in [-0.2, -0.15) is 5.10 Å². The number of nitrogens with one attached hydrogen (secondary N) is 2. The molecule has 2 amide bonds. The van der Waals surface area contributed by atoms with Crippen LogP contribution in [0.25, 0.3) is 5.52 Å². The van der Waals surface area contributed by atoms with E-state index in [4.69, 9.17) is 16.3 Å². The topological polar surface area (TPSA) is 97.6 Å². The van der Waals surface area contributed by atoms with E-state index >= 15 is 0 Å². The summed E-state index contributed by atoms with van der Waals surface area (Å²) in [5, 5.41) is 9.19. The number of hydrogen-bond acceptors (Lipinski definition) is 5. The fraction of sp³-hybridized carbons (Fsp3) is 0.222. The number of carbonyl (C=O) groups is 2. The molecule has 0 aliphatic carbocycles. The van der Waals surface area contributed by atoms with Crippen molar-refractivity contribution in [3.05, 3.63) is 53.3 Å². The van der Waals surface area contributed by atoms with E-state index in [9.17, 15) is 14.0 Å². The van der Waals surface area contributed by atoms with Gasteiger partial charge in [0.2, 0.25) is 0 Å². The Labute approximate surface area is 164 Å². The largest absolute Gasteiger partial charge is 0.444 e. The van der Waals surface area contributed by atoms with Gasteiger partial charge in [-0.15, -0.1) is 0 Å². The summed E-state index contributed by atoms with van der Waals surface area (Å²) in [5.41, 5.74) is 0.0696. The molecular weight excluding hydrogens is 389 g/mol. The molecule has 0 aliphatic heterocycles. The molecule has 1 aromatic carbocycles. The van der Waals surface area contributed by atoms with Crippen molar-refractivity contribution in [2.45, 2.75) is 26.4 Å². The predicted molar refractivity (Wildman–Crippen MR) is 102 cm³/mol. The highest BCUT2D eigenvalue weighted by Crippen LogP contribution is 2.22. The number of ether oxygens (including phenoxy) is 1.